The van der Waals surface area contributed by atoms with Crippen LogP contribution >= 0.6 is 0 Å². The molecule has 4 rings (SSSR count). The maximum Gasteiger partial charge on any atom is 0.175 e. The van der Waals surface area contributed by atoms with Crippen LogP contribution < -0.4 is 0 Å². The fourth-order valence-electron chi connectivity index (χ4n) is 3.90. The van der Waals surface area contributed by atoms with Crippen molar-refractivity contribution in [2.24, 2.45) is 0 Å². The molecule has 0 radical (unpaired) electrons. The summed E-state index contributed by atoms with van der Waals surface area (Å²) in [5.74, 6) is 0.515. The third-order valence-electron chi connectivity index (χ3n) is 5.38. The molecule has 1 fully saturated rings. The van der Waals surface area contributed by atoms with Gasteiger partial charge in [0.15, 0.2) is 9.84 Å². The van der Waals surface area contributed by atoms with Crippen molar-refractivity contribution in [2.75, 3.05) is 6.26 Å². The lowest BCUT2D eigenvalue weighted by atomic mass is 9.71. The summed E-state index contributed by atoms with van der Waals surface area (Å²) in [6, 6.07) is 13.4. The zero-order valence-electron chi connectivity index (χ0n) is 15.3. The number of sulfone groups is 1. The first-order valence-corrected chi connectivity index (χ1v) is 10.9. The van der Waals surface area contributed by atoms with Gasteiger partial charge in [-0.05, 0) is 67.7 Å². The molecule has 140 valence electrons. The van der Waals surface area contributed by atoms with Crippen molar-refractivity contribution in [1.82, 2.24) is 0 Å². The molecule has 0 N–H and O–H groups in total. The molecule has 2 aromatic rings. The number of rotatable bonds is 3. The highest BCUT2D eigenvalue weighted by molar-refractivity contribution is 7.90. The molecule has 0 amide bonds. The van der Waals surface area contributed by atoms with Gasteiger partial charge in [0, 0.05) is 17.4 Å². The van der Waals surface area contributed by atoms with Crippen molar-refractivity contribution in [2.45, 2.75) is 36.7 Å². The zero-order chi connectivity index (χ0) is 19.2. The Labute approximate surface area is 159 Å². The van der Waals surface area contributed by atoms with Gasteiger partial charge in [-0.2, -0.15) is 0 Å². The summed E-state index contributed by atoms with van der Waals surface area (Å²) in [6.45, 7) is 1.93. The Balaban J connectivity index is 1.93. The van der Waals surface area contributed by atoms with E-state index in [1.165, 1.54) is 18.4 Å². The lowest BCUT2D eigenvalue weighted by Crippen LogP contribution is -2.38. The number of benzene rings is 2. The number of hydrogen-bond donors (Lipinski definition) is 0. The monoisotopic (exact) mass is 384 g/mol. The zero-order valence-corrected chi connectivity index (χ0v) is 16.1. The third kappa shape index (κ3) is 3.00. The van der Waals surface area contributed by atoms with E-state index in [2.05, 4.69) is 0 Å². The maximum absolute atomic E-state index is 13.4. The van der Waals surface area contributed by atoms with E-state index in [1.807, 2.05) is 25.1 Å². The molecule has 5 heteroatoms. The van der Waals surface area contributed by atoms with Crippen molar-refractivity contribution < 1.29 is 17.5 Å². The molecule has 0 aromatic heterocycles. The van der Waals surface area contributed by atoms with E-state index in [0.29, 0.717) is 4.90 Å². The van der Waals surface area contributed by atoms with Gasteiger partial charge in [0.1, 0.15) is 17.2 Å². The number of ether oxygens (including phenoxy) is 1. The molecule has 1 saturated carbocycles. The van der Waals surface area contributed by atoms with Crippen molar-refractivity contribution in [1.29, 1.82) is 0 Å². The number of hydrogen-bond acceptors (Lipinski definition) is 3. The molecule has 0 unspecified atom stereocenters. The van der Waals surface area contributed by atoms with Crippen LogP contribution in [0.2, 0.25) is 0 Å². The molecule has 3 nitrogen and oxygen atoms in total. The van der Waals surface area contributed by atoms with Crippen LogP contribution in [0.15, 0.2) is 65.3 Å². The SMILES string of the molecule is C/C=C1\OC2(CCC2)C(c2ccc(S(C)(=O)=O)cc2)=C1c1ccc(F)cc1. The van der Waals surface area contributed by atoms with Gasteiger partial charge in [0.05, 0.1) is 4.90 Å². The van der Waals surface area contributed by atoms with Crippen LogP contribution in [0.25, 0.3) is 11.1 Å². The molecule has 1 spiro atoms. The van der Waals surface area contributed by atoms with E-state index in [4.69, 9.17) is 4.74 Å². The van der Waals surface area contributed by atoms with Crippen molar-refractivity contribution in [3.63, 3.8) is 0 Å². The second kappa shape index (κ2) is 6.34. The van der Waals surface area contributed by atoms with Crippen molar-refractivity contribution in [3.8, 4) is 0 Å². The Morgan fingerprint density at radius 3 is 2.07 bits per heavy atom. The van der Waals surface area contributed by atoms with Crippen LogP contribution in [0.5, 0.6) is 0 Å². The van der Waals surface area contributed by atoms with E-state index in [-0.39, 0.29) is 11.4 Å². The smallest absolute Gasteiger partial charge is 0.175 e. The molecule has 1 aliphatic carbocycles. The Morgan fingerprint density at radius 2 is 1.59 bits per heavy atom. The molecule has 1 heterocycles. The molecular weight excluding hydrogens is 363 g/mol. The molecule has 0 saturated heterocycles. The van der Waals surface area contributed by atoms with E-state index in [0.717, 1.165) is 47.3 Å². The first kappa shape index (κ1) is 18.0. The molecule has 2 aromatic carbocycles. The molecular formula is C22H21FO3S. The summed E-state index contributed by atoms with van der Waals surface area (Å²) in [5.41, 5.74) is 3.49. The predicted octanol–water partition coefficient (Wildman–Crippen LogP) is 5.00. The van der Waals surface area contributed by atoms with Gasteiger partial charge < -0.3 is 4.74 Å². The van der Waals surface area contributed by atoms with Crippen LogP contribution in [0.1, 0.15) is 37.3 Å². The second-order valence-corrected chi connectivity index (χ2v) is 9.17. The minimum atomic E-state index is -3.25. The Bertz CT molecular complexity index is 1040. The Morgan fingerprint density at radius 1 is 1.00 bits per heavy atom. The van der Waals surface area contributed by atoms with E-state index in [9.17, 15) is 12.8 Å². The van der Waals surface area contributed by atoms with Crippen LogP contribution in [0.3, 0.4) is 0 Å². The largest absolute Gasteiger partial charge is 0.482 e. The highest BCUT2D eigenvalue weighted by Gasteiger charge is 2.50. The first-order chi connectivity index (χ1) is 12.8. The van der Waals surface area contributed by atoms with Gasteiger partial charge >= 0.3 is 0 Å². The van der Waals surface area contributed by atoms with Gasteiger partial charge in [0.25, 0.3) is 0 Å². The summed E-state index contributed by atoms with van der Waals surface area (Å²) < 4.78 is 43.4. The quantitative estimate of drug-likeness (QED) is 0.748. The second-order valence-electron chi connectivity index (χ2n) is 7.16. The van der Waals surface area contributed by atoms with Gasteiger partial charge in [0.2, 0.25) is 0 Å². The van der Waals surface area contributed by atoms with Crippen LogP contribution in [0.4, 0.5) is 4.39 Å². The summed E-state index contributed by atoms with van der Waals surface area (Å²) in [6.07, 6.45) is 6.06. The van der Waals surface area contributed by atoms with E-state index >= 15 is 0 Å². The summed E-state index contributed by atoms with van der Waals surface area (Å²) in [7, 11) is -3.25. The lowest BCUT2D eigenvalue weighted by molar-refractivity contribution is 0.00723. The normalized spacial score (nSPS) is 20.0. The van der Waals surface area contributed by atoms with E-state index in [1.54, 1.807) is 24.3 Å². The van der Waals surface area contributed by atoms with E-state index < -0.39 is 9.84 Å². The molecule has 0 atom stereocenters. The molecule has 0 bridgehead atoms. The minimum absolute atomic E-state index is 0.280. The molecule has 1 aliphatic heterocycles. The Kier molecular flexibility index (Phi) is 4.22. The van der Waals surface area contributed by atoms with Crippen LogP contribution in [0, 0.1) is 5.82 Å². The highest BCUT2D eigenvalue weighted by atomic mass is 32.2. The summed E-state index contributed by atoms with van der Waals surface area (Å²) in [4.78, 5) is 0.294. The lowest BCUT2D eigenvalue weighted by Gasteiger charge is -2.40. The predicted molar refractivity (Wildman–Crippen MR) is 104 cm³/mol. The fraction of sp³-hybridized carbons (Fsp3) is 0.273. The van der Waals surface area contributed by atoms with Crippen LogP contribution in [-0.2, 0) is 14.6 Å². The van der Waals surface area contributed by atoms with Gasteiger partial charge in [-0.25, -0.2) is 12.8 Å². The van der Waals surface area contributed by atoms with Crippen molar-refractivity contribution >= 4 is 21.0 Å². The minimum Gasteiger partial charge on any atom is -0.482 e. The topological polar surface area (TPSA) is 43.4 Å². The average molecular weight is 384 g/mol. The fourth-order valence-corrected chi connectivity index (χ4v) is 4.53. The van der Waals surface area contributed by atoms with Gasteiger partial charge in [-0.3, -0.25) is 0 Å². The number of halogens is 1. The van der Waals surface area contributed by atoms with Crippen LogP contribution in [-0.4, -0.2) is 20.3 Å². The summed E-state index contributed by atoms with van der Waals surface area (Å²) >= 11 is 0. The maximum atomic E-state index is 13.4. The summed E-state index contributed by atoms with van der Waals surface area (Å²) in [5, 5.41) is 0. The highest BCUT2D eigenvalue weighted by Crippen LogP contribution is 2.57. The van der Waals surface area contributed by atoms with Gasteiger partial charge in [-0.1, -0.05) is 24.3 Å². The number of allylic oxidation sites excluding steroid dienone is 2. The first-order valence-electron chi connectivity index (χ1n) is 9.01. The standard InChI is InChI=1S/C22H21FO3S/c1-3-19-20(15-5-9-17(23)10-6-15)21(22(26-19)13-4-14-22)16-7-11-18(12-8-16)27(2,24)25/h3,5-12H,4,13-14H2,1-2H3/b19-3-. The van der Waals surface area contributed by atoms with Gasteiger partial charge in [-0.15, -0.1) is 0 Å². The Hall–Kier alpha value is -2.40. The average Bonchev–Trinajstić information content (AvgIpc) is 2.97. The third-order valence-corrected chi connectivity index (χ3v) is 6.51. The molecule has 2 aliphatic rings. The van der Waals surface area contributed by atoms with Crippen molar-refractivity contribution in [3.05, 3.63) is 77.3 Å². The molecule has 27 heavy (non-hydrogen) atoms.